The van der Waals surface area contributed by atoms with Gasteiger partial charge in [-0.2, -0.15) is 0 Å². The Morgan fingerprint density at radius 3 is 2.58 bits per heavy atom. The lowest BCUT2D eigenvalue weighted by Gasteiger charge is -2.27. The van der Waals surface area contributed by atoms with Gasteiger partial charge in [0.15, 0.2) is 5.78 Å². The maximum absolute atomic E-state index is 12.8. The topological polar surface area (TPSA) is 76.0 Å². The van der Waals surface area contributed by atoms with Crippen LogP contribution in [0.1, 0.15) is 61.2 Å². The number of hydrogen-bond acceptors (Lipinski definition) is 5. The molecule has 0 saturated heterocycles. The molecule has 0 spiro atoms. The molecule has 2 aromatic carbocycles. The largest absolute Gasteiger partial charge is 0.508 e. The van der Waals surface area contributed by atoms with Gasteiger partial charge in [0.25, 0.3) is 0 Å². The molecule has 0 radical (unpaired) electrons. The van der Waals surface area contributed by atoms with Gasteiger partial charge in [-0.1, -0.05) is 35.9 Å². The Hall–Kier alpha value is -3.05. The van der Waals surface area contributed by atoms with E-state index in [9.17, 15) is 15.0 Å². The van der Waals surface area contributed by atoms with Gasteiger partial charge in [-0.15, -0.1) is 0 Å². The number of hydrogen-bond donors (Lipinski definition) is 2. The molecule has 164 valence electrons. The van der Waals surface area contributed by atoms with Crippen LogP contribution in [0.25, 0.3) is 0 Å². The van der Waals surface area contributed by atoms with Crippen molar-refractivity contribution in [3.63, 3.8) is 0 Å². The smallest absolute Gasteiger partial charge is 0.170 e. The van der Waals surface area contributed by atoms with E-state index in [-0.39, 0.29) is 29.3 Å². The van der Waals surface area contributed by atoms with Crippen molar-refractivity contribution in [2.45, 2.75) is 51.7 Å². The zero-order valence-corrected chi connectivity index (χ0v) is 18.5. The molecule has 2 N–H and O–H groups in total. The first-order valence-corrected chi connectivity index (χ1v) is 10.4. The van der Waals surface area contributed by atoms with Crippen molar-refractivity contribution in [3.05, 3.63) is 76.9 Å². The van der Waals surface area contributed by atoms with Crippen molar-refractivity contribution in [1.29, 1.82) is 0 Å². The van der Waals surface area contributed by atoms with Gasteiger partial charge < -0.3 is 19.7 Å². The van der Waals surface area contributed by atoms with Crippen LogP contribution in [0.5, 0.6) is 17.2 Å². The number of phenolic OH excluding ortho intramolecular Hbond substituents is 2. The van der Waals surface area contributed by atoms with Crippen LogP contribution in [0, 0.1) is 0 Å². The normalized spacial score (nSPS) is 17.0. The Balaban J connectivity index is 1.82. The predicted octanol–water partition coefficient (Wildman–Crippen LogP) is 5.66. The van der Waals surface area contributed by atoms with E-state index in [2.05, 4.69) is 6.08 Å². The molecule has 0 saturated carbocycles. The highest BCUT2D eigenvalue weighted by atomic mass is 16.5. The first-order valence-electron chi connectivity index (χ1n) is 10.4. The van der Waals surface area contributed by atoms with E-state index in [0.29, 0.717) is 23.3 Å². The summed E-state index contributed by atoms with van der Waals surface area (Å²) in [5.41, 5.74) is 2.74. The number of ketones is 1. The van der Waals surface area contributed by atoms with Crippen LogP contribution in [0.2, 0.25) is 0 Å². The lowest BCUT2D eigenvalue weighted by Crippen LogP contribution is -2.21. The molecule has 0 bridgehead atoms. The van der Waals surface area contributed by atoms with Gasteiger partial charge in [0.05, 0.1) is 17.6 Å². The third kappa shape index (κ3) is 5.56. The van der Waals surface area contributed by atoms with Crippen LogP contribution < -0.4 is 4.74 Å². The molecular weight excluding hydrogens is 392 g/mol. The molecule has 3 rings (SSSR count). The highest BCUT2D eigenvalue weighted by Crippen LogP contribution is 2.41. The second kappa shape index (κ2) is 9.40. The van der Waals surface area contributed by atoms with Crippen molar-refractivity contribution >= 4 is 5.78 Å². The van der Waals surface area contributed by atoms with Gasteiger partial charge in [-0.05, 0) is 63.4 Å². The molecule has 5 nitrogen and oxygen atoms in total. The minimum absolute atomic E-state index is 0.0222. The summed E-state index contributed by atoms with van der Waals surface area (Å²) in [7, 11) is 1.68. The van der Waals surface area contributed by atoms with E-state index >= 15 is 0 Å². The lowest BCUT2D eigenvalue weighted by molar-refractivity contribution is 0.0654. The lowest BCUT2D eigenvalue weighted by atomic mass is 9.93. The summed E-state index contributed by atoms with van der Waals surface area (Å²) in [6, 6.07) is 9.83. The van der Waals surface area contributed by atoms with Gasteiger partial charge in [0.1, 0.15) is 23.4 Å². The van der Waals surface area contributed by atoms with Crippen molar-refractivity contribution in [1.82, 2.24) is 0 Å². The maximum atomic E-state index is 12.8. The average Bonchev–Trinajstić information content (AvgIpc) is 2.73. The Morgan fingerprint density at radius 1 is 1.19 bits per heavy atom. The van der Waals surface area contributed by atoms with Gasteiger partial charge in [0, 0.05) is 12.7 Å². The standard InChI is InChI=1S/C26H30O5/c1-17(6-5-15-26(2,3)30-4)7-12-20-22(28)14-13-21-23(29)16-24(31-25(20)21)18-8-10-19(27)11-9-18/h5,7-11,13-15,24,27-28H,6,12,16H2,1-4H3/b15-5+,17-7+/t24-/m0/s1. The number of rotatable bonds is 7. The summed E-state index contributed by atoms with van der Waals surface area (Å²) >= 11 is 0. The van der Waals surface area contributed by atoms with E-state index in [1.165, 1.54) is 0 Å². The molecule has 1 atom stereocenters. The van der Waals surface area contributed by atoms with Crippen LogP contribution in [-0.2, 0) is 11.2 Å². The van der Waals surface area contributed by atoms with Gasteiger partial charge >= 0.3 is 0 Å². The van der Waals surface area contributed by atoms with Gasteiger partial charge in [-0.25, -0.2) is 0 Å². The Bertz CT molecular complexity index is 999. The summed E-state index contributed by atoms with van der Waals surface area (Å²) < 4.78 is 11.6. The van der Waals surface area contributed by atoms with Crippen molar-refractivity contribution in [3.8, 4) is 17.2 Å². The molecule has 1 heterocycles. The molecule has 5 heteroatoms. The van der Waals surface area contributed by atoms with E-state index in [0.717, 1.165) is 17.6 Å². The molecule has 0 aliphatic carbocycles. The number of phenols is 2. The fourth-order valence-electron chi connectivity index (χ4n) is 3.46. The van der Waals surface area contributed by atoms with Gasteiger partial charge in [0.2, 0.25) is 0 Å². The minimum Gasteiger partial charge on any atom is -0.508 e. The second-order valence-corrected chi connectivity index (χ2v) is 8.43. The first kappa shape index (κ1) is 22.6. The van der Waals surface area contributed by atoms with Crippen LogP contribution in [-0.4, -0.2) is 28.7 Å². The number of benzene rings is 2. The zero-order chi connectivity index (χ0) is 22.6. The Labute approximate surface area is 183 Å². The monoisotopic (exact) mass is 422 g/mol. The van der Waals surface area contributed by atoms with Crippen molar-refractivity contribution in [2.75, 3.05) is 7.11 Å². The second-order valence-electron chi connectivity index (χ2n) is 8.43. The fourth-order valence-corrected chi connectivity index (χ4v) is 3.46. The zero-order valence-electron chi connectivity index (χ0n) is 18.5. The van der Waals surface area contributed by atoms with Crippen LogP contribution in [0.4, 0.5) is 0 Å². The van der Waals surface area contributed by atoms with E-state index in [1.54, 1.807) is 43.5 Å². The average molecular weight is 423 g/mol. The number of Topliss-reactive ketones (excluding diaryl/α,β-unsaturated/α-hetero) is 1. The van der Waals surface area contributed by atoms with Crippen molar-refractivity contribution in [2.24, 2.45) is 0 Å². The van der Waals surface area contributed by atoms with Gasteiger partial charge in [-0.3, -0.25) is 4.79 Å². The third-order valence-electron chi connectivity index (χ3n) is 5.57. The van der Waals surface area contributed by atoms with Crippen LogP contribution in [0.15, 0.2) is 60.2 Å². The summed E-state index contributed by atoms with van der Waals surface area (Å²) in [5.74, 6) is 0.687. The van der Waals surface area contributed by atoms with E-state index in [4.69, 9.17) is 9.47 Å². The van der Waals surface area contributed by atoms with Crippen LogP contribution >= 0.6 is 0 Å². The number of ether oxygens (including phenoxy) is 2. The third-order valence-corrected chi connectivity index (χ3v) is 5.57. The van der Waals surface area contributed by atoms with E-state index < -0.39 is 6.10 Å². The molecule has 0 aromatic heterocycles. The molecule has 1 aliphatic heterocycles. The number of carbonyl (C=O) groups excluding carboxylic acids is 1. The maximum Gasteiger partial charge on any atom is 0.170 e. The number of methoxy groups -OCH3 is 1. The van der Waals surface area contributed by atoms with E-state index in [1.807, 2.05) is 32.9 Å². The number of fused-ring (bicyclic) bond motifs is 1. The molecule has 2 aromatic rings. The molecule has 0 unspecified atom stereocenters. The Morgan fingerprint density at radius 2 is 1.90 bits per heavy atom. The molecule has 0 amide bonds. The summed E-state index contributed by atoms with van der Waals surface area (Å²) in [6.07, 6.45) is 7.11. The quantitative estimate of drug-likeness (QED) is 0.563. The predicted molar refractivity (Wildman–Crippen MR) is 121 cm³/mol. The number of aromatic hydroxyl groups is 2. The Kier molecular flexibility index (Phi) is 6.86. The molecule has 31 heavy (non-hydrogen) atoms. The highest BCUT2D eigenvalue weighted by Gasteiger charge is 2.30. The summed E-state index contributed by atoms with van der Waals surface area (Å²) in [4.78, 5) is 12.8. The first-order chi connectivity index (χ1) is 14.7. The highest BCUT2D eigenvalue weighted by molar-refractivity contribution is 6.00. The molecular formula is C26H30O5. The summed E-state index contributed by atoms with van der Waals surface area (Å²) in [6.45, 7) is 6.02. The fraction of sp³-hybridized carbons (Fsp3) is 0.346. The molecule has 0 fully saturated rings. The van der Waals surface area contributed by atoms with Crippen LogP contribution in [0.3, 0.4) is 0 Å². The molecule has 1 aliphatic rings. The minimum atomic E-state index is -0.453. The SMILES string of the molecule is COC(C)(C)/C=C/C/C(C)=C/Cc1c(O)ccc2c1O[C@H](c1ccc(O)cc1)CC2=O. The van der Waals surface area contributed by atoms with Crippen molar-refractivity contribution < 1.29 is 24.5 Å². The number of carbonyl (C=O) groups is 1. The number of allylic oxidation sites excluding steroid dienone is 3. The summed E-state index contributed by atoms with van der Waals surface area (Å²) in [5, 5.41) is 20.0.